The van der Waals surface area contributed by atoms with Crippen LogP contribution >= 0.6 is 7.75 Å². The maximum atomic E-state index is 14.4. The molecule has 1 aliphatic rings. The Bertz CT molecular complexity index is 1850. The second-order valence-electron chi connectivity index (χ2n) is 15.8. The first-order valence-corrected chi connectivity index (χ1v) is 23.1. The van der Waals surface area contributed by atoms with Crippen LogP contribution in [0.25, 0.3) is 17.4 Å². The summed E-state index contributed by atoms with van der Waals surface area (Å²) in [5, 5.41) is 2.75. The van der Waals surface area contributed by atoms with Crippen molar-refractivity contribution < 1.29 is 32.7 Å². The van der Waals surface area contributed by atoms with Gasteiger partial charge in [0.2, 0.25) is 5.95 Å². The second-order valence-corrected chi connectivity index (χ2v) is 17.5. The van der Waals surface area contributed by atoms with E-state index in [1.54, 1.807) is 48.0 Å². The number of carbonyl (C=O) groups is 2. The molecule has 0 saturated heterocycles. The molecule has 0 bridgehead atoms. The standard InChI is InChI=1S/C43H67N6O8P/c1-5-7-8-9-10-11-12-13-14-15-16-17-18-19-23-27-37(50)54-30-43(28-35(43)29-49-32-45-38-39(49)46-42(44)47-40(38)51)31-55-58(53,57-36-25-21-20-22-26-36)48-34(4)41(52)56-33(3)24-6-2/h20-22,25-26,29,32-34H,5-19,23-24,27-28,30-31H2,1-4H3,(H,48,53)(H3,44,46,47,51)/b35-29-/t33-,34-,43?,58?/m0/s1. The van der Waals surface area contributed by atoms with Crippen LogP contribution in [0.15, 0.2) is 47.0 Å². The lowest BCUT2D eigenvalue weighted by atomic mass is 10.0. The number of nitrogens with one attached hydrogen (secondary N) is 2. The Kier molecular flexibility index (Phi) is 19.5. The molecule has 3 aromatic rings. The fourth-order valence-corrected chi connectivity index (χ4v) is 8.52. The number of unbranched alkanes of at least 4 members (excludes halogenated alkanes) is 14. The average Bonchev–Trinajstić information content (AvgIpc) is 3.72. The molecule has 15 heteroatoms. The Hall–Kier alpha value is -4.00. The van der Waals surface area contributed by atoms with E-state index in [0.717, 1.165) is 31.3 Å². The molecule has 4 N–H and O–H groups in total. The Morgan fingerprint density at radius 2 is 1.55 bits per heavy atom. The van der Waals surface area contributed by atoms with E-state index in [9.17, 15) is 18.9 Å². The summed E-state index contributed by atoms with van der Waals surface area (Å²) >= 11 is 0. The third-order valence-electron chi connectivity index (χ3n) is 10.5. The summed E-state index contributed by atoms with van der Waals surface area (Å²) in [7, 11) is -4.22. The molecule has 0 spiro atoms. The smallest absolute Gasteiger partial charge is 0.459 e. The van der Waals surface area contributed by atoms with Gasteiger partial charge >= 0.3 is 19.7 Å². The zero-order valence-electron chi connectivity index (χ0n) is 35.2. The van der Waals surface area contributed by atoms with E-state index in [2.05, 4.69) is 27.0 Å². The zero-order chi connectivity index (χ0) is 41.8. The van der Waals surface area contributed by atoms with E-state index >= 15 is 0 Å². The molecule has 14 nitrogen and oxygen atoms in total. The number of nitrogens with zero attached hydrogens (tertiary/aromatic N) is 3. The number of ether oxygens (including phenoxy) is 2. The fraction of sp³-hybridized carbons (Fsp3) is 0.651. The van der Waals surface area contributed by atoms with Gasteiger partial charge in [0.05, 0.1) is 18.1 Å². The number of para-hydroxylation sites is 1. The fourth-order valence-electron chi connectivity index (χ4n) is 6.94. The number of fused-ring (bicyclic) bond motifs is 1. The monoisotopic (exact) mass is 826 g/mol. The van der Waals surface area contributed by atoms with E-state index in [0.29, 0.717) is 19.3 Å². The molecule has 2 heterocycles. The molecule has 1 aliphatic carbocycles. The normalized spacial score (nSPS) is 17.8. The Morgan fingerprint density at radius 3 is 2.17 bits per heavy atom. The van der Waals surface area contributed by atoms with Gasteiger partial charge in [-0.2, -0.15) is 10.1 Å². The van der Waals surface area contributed by atoms with Gasteiger partial charge in [-0.1, -0.05) is 128 Å². The van der Waals surface area contributed by atoms with Gasteiger partial charge < -0.3 is 19.7 Å². The van der Waals surface area contributed by atoms with Crippen molar-refractivity contribution in [3.05, 3.63) is 52.6 Å². The third kappa shape index (κ3) is 15.6. The van der Waals surface area contributed by atoms with Crippen LogP contribution < -0.4 is 20.9 Å². The topological polar surface area (TPSA) is 190 Å². The number of aromatic nitrogens is 4. The minimum Gasteiger partial charge on any atom is -0.465 e. The van der Waals surface area contributed by atoms with Gasteiger partial charge in [0, 0.05) is 12.6 Å². The number of aromatic amines is 1. The van der Waals surface area contributed by atoms with Crippen molar-refractivity contribution in [2.24, 2.45) is 5.41 Å². The Morgan fingerprint density at radius 1 is 0.931 bits per heavy atom. The van der Waals surface area contributed by atoms with E-state index in [4.69, 9.17) is 24.3 Å². The van der Waals surface area contributed by atoms with Gasteiger partial charge in [-0.25, -0.2) is 9.55 Å². The highest BCUT2D eigenvalue weighted by Gasteiger charge is 2.52. The van der Waals surface area contributed by atoms with Crippen molar-refractivity contribution in [2.45, 2.75) is 162 Å². The largest absolute Gasteiger partial charge is 0.465 e. The van der Waals surface area contributed by atoms with Gasteiger partial charge in [-0.15, -0.1) is 0 Å². The van der Waals surface area contributed by atoms with Gasteiger partial charge in [0.15, 0.2) is 11.2 Å². The molecule has 4 atom stereocenters. The summed E-state index contributed by atoms with van der Waals surface area (Å²) < 4.78 is 39.3. The SMILES string of the molecule is CCCCCCCCCCCCCCCCCC(=O)OCC1(COP(=O)(N[C@@H](C)C(=O)O[C@@H](C)CCC)Oc2ccccc2)C/C1=C/n1cnc2c(=O)[nH]c(N)nc21. The van der Waals surface area contributed by atoms with Crippen molar-refractivity contribution in [3.8, 4) is 5.75 Å². The summed E-state index contributed by atoms with van der Waals surface area (Å²) in [6, 6.07) is 7.48. The molecule has 0 amide bonds. The lowest BCUT2D eigenvalue weighted by molar-refractivity contribution is -0.150. The predicted molar refractivity (Wildman–Crippen MR) is 228 cm³/mol. The molecular formula is C43H67N6O8P. The van der Waals surface area contributed by atoms with Crippen molar-refractivity contribution in [2.75, 3.05) is 18.9 Å². The number of imidazole rings is 1. The zero-order valence-corrected chi connectivity index (χ0v) is 36.1. The number of nitrogen functional groups attached to an aromatic ring is 1. The van der Waals surface area contributed by atoms with Crippen molar-refractivity contribution in [1.29, 1.82) is 0 Å². The highest BCUT2D eigenvalue weighted by molar-refractivity contribution is 7.52. The van der Waals surface area contributed by atoms with Crippen LogP contribution in [-0.4, -0.2) is 56.8 Å². The minimum atomic E-state index is -4.22. The number of anilines is 1. The van der Waals surface area contributed by atoms with Crippen LogP contribution in [0.2, 0.25) is 0 Å². The summed E-state index contributed by atoms with van der Waals surface area (Å²) in [6.45, 7) is 7.37. The number of nitrogens with two attached hydrogens (primary N) is 1. The highest BCUT2D eigenvalue weighted by atomic mass is 31.2. The molecule has 2 unspecified atom stereocenters. The van der Waals surface area contributed by atoms with Crippen LogP contribution in [0.4, 0.5) is 5.95 Å². The van der Waals surface area contributed by atoms with Crippen molar-refractivity contribution >= 4 is 43.0 Å². The number of carbonyl (C=O) groups excluding carboxylic acids is 2. The third-order valence-corrected chi connectivity index (χ3v) is 12.1. The number of hydrogen-bond acceptors (Lipinski definition) is 11. The quantitative estimate of drug-likeness (QED) is 0.0328. The molecule has 322 valence electrons. The number of esters is 2. The molecule has 1 aromatic carbocycles. The van der Waals surface area contributed by atoms with Crippen molar-refractivity contribution in [3.63, 3.8) is 0 Å². The highest BCUT2D eigenvalue weighted by Crippen LogP contribution is 2.56. The van der Waals surface area contributed by atoms with Gasteiger partial charge in [0.1, 0.15) is 24.7 Å². The minimum absolute atomic E-state index is 0.0450. The molecule has 4 rings (SSSR count). The molecular weight excluding hydrogens is 759 g/mol. The summed E-state index contributed by atoms with van der Waals surface area (Å²) in [5.41, 5.74) is 5.61. The lowest BCUT2D eigenvalue weighted by Gasteiger charge is -2.25. The predicted octanol–water partition coefficient (Wildman–Crippen LogP) is 9.65. The first-order chi connectivity index (χ1) is 28.0. The van der Waals surface area contributed by atoms with E-state index < -0.39 is 30.7 Å². The van der Waals surface area contributed by atoms with Crippen LogP contribution in [0.3, 0.4) is 0 Å². The first kappa shape index (κ1) is 46.7. The van der Waals surface area contributed by atoms with Gasteiger partial charge in [-0.3, -0.25) is 28.5 Å². The average molecular weight is 827 g/mol. The number of rotatable bonds is 30. The van der Waals surface area contributed by atoms with Crippen LogP contribution in [0, 0.1) is 5.41 Å². The number of hydrogen-bond donors (Lipinski definition) is 3. The number of H-pyrrole nitrogens is 1. The maximum Gasteiger partial charge on any atom is 0.459 e. The molecule has 1 fully saturated rings. The van der Waals surface area contributed by atoms with E-state index in [1.807, 2.05) is 6.92 Å². The van der Waals surface area contributed by atoms with Crippen LogP contribution in [-0.2, 0) is 28.2 Å². The first-order valence-electron chi connectivity index (χ1n) is 21.5. The van der Waals surface area contributed by atoms with Gasteiger partial charge in [0.25, 0.3) is 5.56 Å². The summed E-state index contributed by atoms with van der Waals surface area (Å²) in [6.07, 6.45) is 23.7. The van der Waals surface area contributed by atoms with Crippen LogP contribution in [0.5, 0.6) is 5.75 Å². The molecule has 0 radical (unpaired) electrons. The second kappa shape index (κ2) is 24.2. The number of benzene rings is 1. The maximum absolute atomic E-state index is 14.4. The molecule has 2 aromatic heterocycles. The Balaban J connectivity index is 1.35. The summed E-state index contributed by atoms with van der Waals surface area (Å²) in [5.74, 6) is -0.705. The van der Waals surface area contributed by atoms with Gasteiger partial charge in [-0.05, 0) is 50.8 Å². The Labute approximate surface area is 344 Å². The molecule has 0 aliphatic heterocycles. The van der Waals surface area contributed by atoms with Crippen molar-refractivity contribution in [1.82, 2.24) is 24.6 Å². The lowest BCUT2D eigenvalue weighted by Crippen LogP contribution is -2.37. The van der Waals surface area contributed by atoms with E-state index in [1.165, 1.54) is 90.3 Å². The van der Waals surface area contributed by atoms with E-state index in [-0.39, 0.29) is 48.1 Å². The van der Waals surface area contributed by atoms with Crippen LogP contribution in [0.1, 0.15) is 150 Å². The summed E-state index contributed by atoms with van der Waals surface area (Å²) in [4.78, 5) is 49.3. The molecule has 1 saturated carbocycles. The molecule has 58 heavy (non-hydrogen) atoms.